The number of nitrogens with one attached hydrogen (secondary N) is 1. The molecule has 0 aliphatic heterocycles. The quantitative estimate of drug-likeness (QED) is 0.490. The highest BCUT2D eigenvalue weighted by Crippen LogP contribution is 2.17. The van der Waals surface area contributed by atoms with Gasteiger partial charge in [0.05, 0.1) is 6.26 Å². The molecule has 1 aromatic heterocycles. The van der Waals surface area contributed by atoms with Crippen molar-refractivity contribution in [2.75, 3.05) is 0 Å². The number of carbonyl (C=O) groups excluding carboxylic acids is 1. The van der Waals surface area contributed by atoms with Gasteiger partial charge in [0, 0.05) is 5.56 Å². The minimum absolute atomic E-state index is 0.175. The van der Waals surface area contributed by atoms with E-state index in [1.165, 1.54) is 11.8 Å². The molecule has 3 N–H and O–H groups in total. The van der Waals surface area contributed by atoms with Crippen molar-refractivity contribution in [3.8, 4) is 5.75 Å². The van der Waals surface area contributed by atoms with Crippen molar-refractivity contribution in [2.45, 2.75) is 20.0 Å². The monoisotopic (exact) mass is 260 g/mol. The Morgan fingerprint density at radius 1 is 1.42 bits per heavy atom. The summed E-state index contributed by atoms with van der Waals surface area (Å²) in [6.45, 7) is 2.34. The zero-order valence-electron chi connectivity index (χ0n) is 10.7. The molecule has 100 valence electrons. The second kappa shape index (κ2) is 6.06. The van der Waals surface area contributed by atoms with Crippen LogP contribution in [-0.4, -0.2) is 5.91 Å². The van der Waals surface area contributed by atoms with Crippen molar-refractivity contribution < 1.29 is 13.9 Å². The molecule has 1 aromatic carbocycles. The van der Waals surface area contributed by atoms with Crippen LogP contribution in [0, 0.1) is 0 Å². The van der Waals surface area contributed by atoms with Crippen LogP contribution in [0.1, 0.15) is 28.6 Å². The third-order valence-corrected chi connectivity index (χ3v) is 2.79. The number of nitrogen functional groups attached to an aromatic ring is 1. The van der Waals surface area contributed by atoms with Crippen LogP contribution < -0.4 is 16.0 Å². The van der Waals surface area contributed by atoms with Crippen molar-refractivity contribution in [3.63, 3.8) is 0 Å². The van der Waals surface area contributed by atoms with Gasteiger partial charge in [0.2, 0.25) is 0 Å². The molecule has 0 bridgehead atoms. The van der Waals surface area contributed by atoms with E-state index >= 15 is 0 Å². The van der Waals surface area contributed by atoms with Crippen LogP contribution in [0.25, 0.3) is 0 Å². The fourth-order valence-corrected chi connectivity index (χ4v) is 1.73. The smallest absolute Gasteiger partial charge is 0.301 e. The van der Waals surface area contributed by atoms with Gasteiger partial charge >= 0.3 is 5.91 Å². The molecule has 19 heavy (non-hydrogen) atoms. The van der Waals surface area contributed by atoms with E-state index in [0.717, 1.165) is 12.2 Å². The normalized spacial score (nSPS) is 10.2. The van der Waals surface area contributed by atoms with Gasteiger partial charge < -0.3 is 9.15 Å². The molecule has 5 heteroatoms. The molecule has 0 atom stereocenters. The number of hydrazine groups is 1. The van der Waals surface area contributed by atoms with Gasteiger partial charge in [-0.1, -0.05) is 19.1 Å². The number of amides is 1. The number of ether oxygens (including phenoxy) is 1. The first-order valence-corrected chi connectivity index (χ1v) is 6.03. The van der Waals surface area contributed by atoms with Crippen LogP contribution in [0.4, 0.5) is 0 Å². The molecule has 1 amide bonds. The number of hydrogen-bond donors (Lipinski definition) is 2. The molecule has 5 nitrogen and oxygen atoms in total. The van der Waals surface area contributed by atoms with Gasteiger partial charge in [-0.2, -0.15) is 0 Å². The Balaban J connectivity index is 2.06. The molecule has 0 saturated carbocycles. The molecule has 0 spiro atoms. The van der Waals surface area contributed by atoms with Crippen molar-refractivity contribution in [1.29, 1.82) is 0 Å². The summed E-state index contributed by atoms with van der Waals surface area (Å²) in [6, 6.07) is 9.52. The maximum absolute atomic E-state index is 11.4. The van der Waals surface area contributed by atoms with Gasteiger partial charge in [-0.05, 0) is 30.2 Å². The van der Waals surface area contributed by atoms with Gasteiger partial charge in [-0.25, -0.2) is 5.84 Å². The molecule has 2 rings (SSSR count). The summed E-state index contributed by atoms with van der Waals surface area (Å²) in [5, 5.41) is 0. The summed E-state index contributed by atoms with van der Waals surface area (Å²) in [4.78, 5) is 11.4. The van der Waals surface area contributed by atoms with Gasteiger partial charge in [0.15, 0.2) is 5.76 Å². The van der Waals surface area contributed by atoms with Crippen LogP contribution >= 0.6 is 0 Å². The second-order valence-corrected chi connectivity index (χ2v) is 4.04. The Bertz CT molecular complexity index is 563. The van der Waals surface area contributed by atoms with E-state index in [1.54, 1.807) is 6.07 Å². The maximum Gasteiger partial charge on any atom is 0.301 e. The Morgan fingerprint density at radius 2 is 2.26 bits per heavy atom. The Morgan fingerprint density at radius 3 is 3.00 bits per heavy atom. The van der Waals surface area contributed by atoms with Crippen LogP contribution in [0.15, 0.2) is 41.0 Å². The lowest BCUT2D eigenvalue weighted by molar-refractivity contribution is 0.0922. The molecule has 0 aliphatic carbocycles. The first-order valence-electron chi connectivity index (χ1n) is 6.03. The number of hydrogen-bond acceptors (Lipinski definition) is 4. The van der Waals surface area contributed by atoms with E-state index in [1.807, 2.05) is 29.7 Å². The first-order chi connectivity index (χ1) is 9.24. The highest BCUT2D eigenvalue weighted by molar-refractivity contribution is 5.92. The molecular formula is C14H16N2O3. The molecule has 2 aromatic rings. The van der Waals surface area contributed by atoms with Crippen LogP contribution in [0.5, 0.6) is 5.75 Å². The van der Waals surface area contributed by atoms with E-state index in [-0.39, 0.29) is 12.4 Å². The van der Waals surface area contributed by atoms with E-state index in [4.69, 9.17) is 15.0 Å². The van der Waals surface area contributed by atoms with Gasteiger partial charge in [0.1, 0.15) is 12.4 Å². The minimum atomic E-state index is -0.467. The number of rotatable bonds is 5. The summed E-state index contributed by atoms with van der Waals surface area (Å²) in [6.07, 6.45) is 2.38. The maximum atomic E-state index is 11.4. The largest absolute Gasteiger partial charge is 0.489 e. The molecular weight excluding hydrogens is 244 g/mol. The number of furan rings is 1. The van der Waals surface area contributed by atoms with E-state index in [0.29, 0.717) is 5.56 Å². The number of benzene rings is 1. The van der Waals surface area contributed by atoms with Crippen molar-refractivity contribution in [3.05, 3.63) is 53.5 Å². The molecule has 0 saturated heterocycles. The lowest BCUT2D eigenvalue weighted by Gasteiger charge is -2.07. The Kier molecular flexibility index (Phi) is 4.20. The number of nitrogens with two attached hydrogens (primary N) is 1. The van der Waals surface area contributed by atoms with E-state index < -0.39 is 5.91 Å². The third kappa shape index (κ3) is 3.14. The van der Waals surface area contributed by atoms with Crippen molar-refractivity contribution in [1.82, 2.24) is 5.43 Å². The van der Waals surface area contributed by atoms with E-state index in [9.17, 15) is 4.79 Å². The summed E-state index contributed by atoms with van der Waals surface area (Å²) in [5.74, 6) is 5.55. The standard InChI is InChI=1S/C14H16N2O3/c1-2-10-4-3-5-12(8-10)19-9-11-6-7-18-13(11)14(17)16-15/h3-8H,2,9,15H2,1H3,(H,16,17). The second-order valence-electron chi connectivity index (χ2n) is 4.04. The lowest BCUT2D eigenvalue weighted by atomic mass is 10.2. The average Bonchev–Trinajstić information content (AvgIpc) is 2.93. The molecule has 0 radical (unpaired) electrons. The fraction of sp³-hybridized carbons (Fsp3) is 0.214. The highest BCUT2D eigenvalue weighted by Gasteiger charge is 2.14. The number of aryl methyl sites for hydroxylation is 1. The van der Waals surface area contributed by atoms with Crippen molar-refractivity contribution >= 4 is 5.91 Å². The Hall–Kier alpha value is -2.27. The zero-order valence-corrected chi connectivity index (χ0v) is 10.7. The highest BCUT2D eigenvalue weighted by atomic mass is 16.5. The molecule has 0 fully saturated rings. The van der Waals surface area contributed by atoms with Gasteiger partial charge in [-0.15, -0.1) is 0 Å². The summed E-state index contributed by atoms with van der Waals surface area (Å²) in [7, 11) is 0. The third-order valence-electron chi connectivity index (χ3n) is 2.79. The average molecular weight is 260 g/mol. The lowest BCUT2D eigenvalue weighted by Crippen LogP contribution is -2.30. The van der Waals surface area contributed by atoms with Gasteiger partial charge in [-0.3, -0.25) is 10.2 Å². The molecule has 0 aliphatic rings. The van der Waals surface area contributed by atoms with Crippen LogP contribution in [0.2, 0.25) is 0 Å². The predicted octanol–water partition coefficient (Wildman–Crippen LogP) is 2.02. The molecule has 0 unspecified atom stereocenters. The van der Waals surface area contributed by atoms with E-state index in [2.05, 4.69) is 6.92 Å². The van der Waals surface area contributed by atoms with Gasteiger partial charge in [0.25, 0.3) is 0 Å². The topological polar surface area (TPSA) is 77.5 Å². The SMILES string of the molecule is CCc1cccc(OCc2ccoc2C(=O)NN)c1. The molecule has 1 heterocycles. The summed E-state index contributed by atoms with van der Waals surface area (Å²) < 4.78 is 10.7. The first kappa shape index (κ1) is 13.2. The van der Waals surface area contributed by atoms with Crippen LogP contribution in [0.3, 0.4) is 0 Å². The Labute approximate surface area is 111 Å². The minimum Gasteiger partial charge on any atom is -0.489 e. The fourth-order valence-electron chi connectivity index (χ4n) is 1.73. The number of carbonyl (C=O) groups is 1. The predicted molar refractivity (Wildman–Crippen MR) is 70.5 cm³/mol. The van der Waals surface area contributed by atoms with Crippen molar-refractivity contribution in [2.24, 2.45) is 5.84 Å². The summed E-state index contributed by atoms with van der Waals surface area (Å²) >= 11 is 0. The summed E-state index contributed by atoms with van der Waals surface area (Å²) in [5.41, 5.74) is 3.89. The van der Waals surface area contributed by atoms with Crippen LogP contribution in [-0.2, 0) is 13.0 Å². The zero-order chi connectivity index (χ0) is 13.7.